The minimum absolute atomic E-state index is 0.0499. The summed E-state index contributed by atoms with van der Waals surface area (Å²) in [7, 11) is -3.85. The summed E-state index contributed by atoms with van der Waals surface area (Å²) in [5.74, 6) is 0. The van der Waals surface area contributed by atoms with Gasteiger partial charge in [-0.1, -0.05) is 29.8 Å². The van der Waals surface area contributed by atoms with Crippen LogP contribution in [-0.4, -0.2) is 20.0 Å². The Morgan fingerprint density at radius 3 is 2.21 bits per heavy atom. The molecule has 0 atom stereocenters. The fourth-order valence-corrected chi connectivity index (χ4v) is 4.56. The minimum Gasteiger partial charge on any atom is -0.266 e. The molecule has 0 spiro atoms. The van der Waals surface area contributed by atoms with E-state index in [1.165, 1.54) is 35.6 Å². The molecule has 9 heteroatoms. The molecule has 0 saturated heterocycles. The molecular formula is C20H18F3NO3S2. The van der Waals surface area contributed by atoms with Crippen molar-refractivity contribution >= 4 is 21.5 Å². The van der Waals surface area contributed by atoms with Gasteiger partial charge in [-0.2, -0.15) is 21.6 Å². The summed E-state index contributed by atoms with van der Waals surface area (Å²) in [6, 6.07) is 11.2. The zero-order valence-electron chi connectivity index (χ0n) is 15.7. The van der Waals surface area contributed by atoms with Crippen molar-refractivity contribution in [2.45, 2.75) is 31.3 Å². The number of benzene rings is 2. The second-order valence-electron chi connectivity index (χ2n) is 6.44. The van der Waals surface area contributed by atoms with Crippen LogP contribution < -0.4 is 0 Å². The number of hydrogen-bond acceptors (Lipinski definition) is 5. The monoisotopic (exact) mass is 441 g/mol. The highest BCUT2D eigenvalue weighted by molar-refractivity contribution is 7.86. The maximum absolute atomic E-state index is 12.7. The van der Waals surface area contributed by atoms with E-state index in [2.05, 4.69) is 4.98 Å². The number of thiazole rings is 1. The van der Waals surface area contributed by atoms with Crippen molar-refractivity contribution < 1.29 is 25.8 Å². The van der Waals surface area contributed by atoms with E-state index >= 15 is 0 Å². The lowest BCUT2D eigenvalue weighted by atomic mass is 10.1. The molecular weight excluding hydrogens is 423 g/mol. The van der Waals surface area contributed by atoms with Crippen molar-refractivity contribution in [2.24, 2.45) is 0 Å². The molecule has 0 aliphatic heterocycles. The van der Waals surface area contributed by atoms with Crippen molar-refractivity contribution in [3.05, 3.63) is 70.2 Å². The summed E-state index contributed by atoms with van der Waals surface area (Å²) in [6.07, 6.45) is -4.06. The lowest BCUT2D eigenvalue weighted by molar-refractivity contribution is -0.137. The lowest BCUT2D eigenvalue weighted by Crippen LogP contribution is -2.09. The third kappa shape index (κ3) is 5.23. The Labute approximate surface area is 171 Å². The molecule has 4 nitrogen and oxygen atoms in total. The summed E-state index contributed by atoms with van der Waals surface area (Å²) >= 11 is 1.31. The van der Waals surface area contributed by atoms with Gasteiger partial charge in [0.15, 0.2) is 0 Å². The van der Waals surface area contributed by atoms with E-state index in [9.17, 15) is 21.6 Å². The van der Waals surface area contributed by atoms with Crippen LogP contribution in [0.5, 0.6) is 0 Å². The fourth-order valence-electron chi connectivity index (χ4n) is 2.60. The van der Waals surface area contributed by atoms with Crippen molar-refractivity contribution in [1.82, 2.24) is 4.98 Å². The Kier molecular flexibility index (Phi) is 6.11. The van der Waals surface area contributed by atoms with Crippen molar-refractivity contribution in [3.8, 4) is 10.6 Å². The zero-order valence-corrected chi connectivity index (χ0v) is 17.3. The maximum atomic E-state index is 12.7. The van der Waals surface area contributed by atoms with Gasteiger partial charge in [0.05, 0.1) is 22.8 Å². The van der Waals surface area contributed by atoms with Crippen molar-refractivity contribution in [2.75, 3.05) is 6.61 Å². The van der Waals surface area contributed by atoms with Gasteiger partial charge in [-0.3, -0.25) is 4.18 Å². The van der Waals surface area contributed by atoms with Gasteiger partial charge in [0, 0.05) is 16.9 Å². The summed E-state index contributed by atoms with van der Waals surface area (Å²) in [5.41, 5.74) is 1.50. The Bertz CT molecular complexity index is 1090. The standard InChI is InChI=1S/C20H18F3NO3S2/c1-13-3-9-17(10-4-13)29(25,26)27-12-11-18-14(2)24-19(28-18)15-5-7-16(8-6-15)20(21,22)23/h3-10H,11-12H2,1-2H3. The van der Waals surface area contributed by atoms with Crippen LogP contribution in [0.15, 0.2) is 53.4 Å². The SMILES string of the molecule is Cc1ccc(S(=O)(=O)OCCc2sc(-c3ccc(C(F)(F)F)cc3)nc2C)cc1. The average Bonchev–Trinajstić information content (AvgIpc) is 3.02. The van der Waals surface area contributed by atoms with Crippen LogP contribution in [0.1, 0.15) is 21.7 Å². The predicted octanol–water partition coefficient (Wildman–Crippen LogP) is 5.39. The van der Waals surface area contributed by atoms with Gasteiger partial charge in [-0.05, 0) is 38.1 Å². The van der Waals surface area contributed by atoms with Crippen LogP contribution in [0.3, 0.4) is 0 Å². The topological polar surface area (TPSA) is 56.3 Å². The number of rotatable bonds is 6. The summed E-state index contributed by atoms with van der Waals surface area (Å²) in [6.45, 7) is 3.58. The van der Waals surface area contributed by atoms with E-state index in [1.54, 1.807) is 19.1 Å². The summed E-state index contributed by atoms with van der Waals surface area (Å²) in [5, 5.41) is 0.576. The smallest absolute Gasteiger partial charge is 0.266 e. The van der Waals surface area contributed by atoms with Crippen LogP contribution in [-0.2, 0) is 26.9 Å². The highest BCUT2D eigenvalue weighted by Gasteiger charge is 2.30. The quantitative estimate of drug-likeness (QED) is 0.481. The largest absolute Gasteiger partial charge is 0.416 e. The number of aromatic nitrogens is 1. The molecule has 2 aromatic carbocycles. The number of aryl methyl sites for hydroxylation is 2. The van der Waals surface area contributed by atoms with Gasteiger partial charge in [0.2, 0.25) is 0 Å². The number of alkyl halides is 3. The van der Waals surface area contributed by atoms with Crippen LogP contribution in [0, 0.1) is 13.8 Å². The number of nitrogens with zero attached hydrogens (tertiary/aromatic N) is 1. The van der Waals surface area contributed by atoms with Crippen LogP contribution >= 0.6 is 11.3 Å². The Morgan fingerprint density at radius 2 is 1.62 bits per heavy atom. The Balaban J connectivity index is 1.67. The molecule has 0 unspecified atom stereocenters. The highest BCUT2D eigenvalue weighted by Crippen LogP contribution is 2.33. The van der Waals surface area contributed by atoms with Gasteiger partial charge in [-0.25, -0.2) is 4.98 Å². The fraction of sp³-hybridized carbons (Fsp3) is 0.250. The molecule has 0 bridgehead atoms. The van der Waals surface area contributed by atoms with Crippen LogP contribution in [0.25, 0.3) is 10.6 Å². The molecule has 3 aromatic rings. The minimum atomic E-state index is -4.39. The van der Waals surface area contributed by atoms with Crippen LogP contribution in [0.2, 0.25) is 0 Å². The van der Waals surface area contributed by atoms with Gasteiger partial charge in [0.1, 0.15) is 5.01 Å². The molecule has 0 N–H and O–H groups in total. The van der Waals surface area contributed by atoms with E-state index in [1.807, 2.05) is 6.92 Å². The lowest BCUT2D eigenvalue weighted by Gasteiger charge is -2.06. The number of halogens is 3. The number of hydrogen-bond donors (Lipinski definition) is 0. The van der Waals surface area contributed by atoms with Crippen molar-refractivity contribution in [1.29, 1.82) is 0 Å². The first kappa shape index (κ1) is 21.5. The molecule has 0 saturated carbocycles. The third-order valence-electron chi connectivity index (χ3n) is 4.23. The normalized spacial score (nSPS) is 12.3. The zero-order chi connectivity index (χ0) is 21.2. The molecule has 0 radical (unpaired) electrons. The molecule has 0 fully saturated rings. The van der Waals surface area contributed by atoms with Gasteiger partial charge in [0.25, 0.3) is 10.1 Å². The molecule has 1 heterocycles. The summed E-state index contributed by atoms with van der Waals surface area (Å²) in [4.78, 5) is 5.30. The summed E-state index contributed by atoms with van der Waals surface area (Å²) < 4.78 is 67.6. The van der Waals surface area contributed by atoms with E-state index in [0.29, 0.717) is 22.7 Å². The average molecular weight is 441 g/mol. The molecule has 0 aliphatic rings. The third-order valence-corrected chi connectivity index (χ3v) is 6.82. The predicted molar refractivity (Wildman–Crippen MR) is 105 cm³/mol. The van der Waals surface area contributed by atoms with E-state index in [0.717, 1.165) is 22.6 Å². The van der Waals surface area contributed by atoms with Crippen LogP contribution in [0.4, 0.5) is 13.2 Å². The molecule has 29 heavy (non-hydrogen) atoms. The Hall–Kier alpha value is -2.23. The molecule has 0 aliphatic carbocycles. The molecule has 1 aromatic heterocycles. The van der Waals surface area contributed by atoms with E-state index < -0.39 is 21.9 Å². The molecule has 0 amide bonds. The molecule has 154 valence electrons. The van der Waals surface area contributed by atoms with Gasteiger partial charge >= 0.3 is 6.18 Å². The van der Waals surface area contributed by atoms with Gasteiger partial charge < -0.3 is 0 Å². The second kappa shape index (κ2) is 8.25. The first-order chi connectivity index (χ1) is 13.6. The Morgan fingerprint density at radius 1 is 1.00 bits per heavy atom. The maximum Gasteiger partial charge on any atom is 0.416 e. The molecule has 3 rings (SSSR count). The van der Waals surface area contributed by atoms with E-state index in [-0.39, 0.29) is 11.5 Å². The second-order valence-corrected chi connectivity index (χ2v) is 9.14. The van der Waals surface area contributed by atoms with E-state index in [4.69, 9.17) is 4.18 Å². The van der Waals surface area contributed by atoms with Gasteiger partial charge in [-0.15, -0.1) is 11.3 Å². The highest BCUT2D eigenvalue weighted by atomic mass is 32.2. The first-order valence-corrected chi connectivity index (χ1v) is 10.9. The van der Waals surface area contributed by atoms with Crippen molar-refractivity contribution in [3.63, 3.8) is 0 Å². The first-order valence-electron chi connectivity index (χ1n) is 8.66.